The van der Waals surface area contributed by atoms with E-state index in [1.807, 2.05) is 30.5 Å². The summed E-state index contributed by atoms with van der Waals surface area (Å²) in [7, 11) is 0. The van der Waals surface area contributed by atoms with E-state index in [1.54, 1.807) is 11.3 Å². The molecule has 2 N–H and O–H groups in total. The van der Waals surface area contributed by atoms with E-state index in [0.717, 1.165) is 46.9 Å². The summed E-state index contributed by atoms with van der Waals surface area (Å²) in [6, 6.07) is 14.3. The van der Waals surface area contributed by atoms with E-state index in [-0.39, 0.29) is 19.1 Å². The fourth-order valence-corrected chi connectivity index (χ4v) is 5.03. The van der Waals surface area contributed by atoms with Crippen LogP contribution in [0.2, 0.25) is 0 Å². The van der Waals surface area contributed by atoms with Gasteiger partial charge in [-0.3, -0.25) is 14.7 Å². The predicted molar refractivity (Wildman–Crippen MR) is 108 cm³/mol. The van der Waals surface area contributed by atoms with Crippen LogP contribution in [0.5, 0.6) is 0 Å². The zero-order valence-corrected chi connectivity index (χ0v) is 15.9. The zero-order valence-electron chi connectivity index (χ0n) is 15.1. The van der Waals surface area contributed by atoms with Gasteiger partial charge in [0.15, 0.2) is 0 Å². The molecular weight excluding hydrogens is 358 g/mol. The molecule has 0 aliphatic carbocycles. The number of thiophene rings is 1. The van der Waals surface area contributed by atoms with E-state index in [2.05, 4.69) is 33.4 Å². The number of likely N-dealkylation sites (tertiary alicyclic amines) is 1. The van der Waals surface area contributed by atoms with E-state index in [9.17, 15) is 4.79 Å². The molecule has 1 aliphatic rings. The number of fused-ring (bicyclic) bond motifs is 1. The van der Waals surface area contributed by atoms with Gasteiger partial charge in [-0.25, -0.2) is 0 Å². The summed E-state index contributed by atoms with van der Waals surface area (Å²) in [4.78, 5) is 20.3. The molecule has 1 fully saturated rings. The molecule has 3 heterocycles. The van der Waals surface area contributed by atoms with Crippen molar-refractivity contribution in [1.29, 1.82) is 0 Å². The largest absolute Gasteiger partial charge is 0.395 e. The molecule has 140 valence electrons. The maximum Gasteiger partial charge on any atom is 0.261 e. The van der Waals surface area contributed by atoms with Crippen molar-refractivity contribution in [3.63, 3.8) is 0 Å². The standard InChI is InChI=1S/C21H23N3O2S/c25-12-10-23-21(26)20-19(17-6-1-2-7-18(17)27-20)15-8-11-24(13-15)14-16-5-3-4-9-22-16/h1-7,9,15,25H,8,10-14H2,(H,23,26). The van der Waals surface area contributed by atoms with Crippen LogP contribution < -0.4 is 5.32 Å². The molecule has 0 radical (unpaired) electrons. The highest BCUT2D eigenvalue weighted by Crippen LogP contribution is 2.40. The molecule has 0 saturated carbocycles. The highest BCUT2D eigenvalue weighted by Gasteiger charge is 2.30. The van der Waals surface area contributed by atoms with Crippen LogP contribution in [0.1, 0.15) is 33.3 Å². The van der Waals surface area contributed by atoms with Gasteiger partial charge in [-0.05, 0) is 42.1 Å². The van der Waals surface area contributed by atoms with E-state index in [4.69, 9.17) is 5.11 Å². The average molecular weight is 382 g/mol. The van der Waals surface area contributed by atoms with E-state index in [0.29, 0.717) is 5.92 Å². The van der Waals surface area contributed by atoms with Crippen LogP contribution in [0.15, 0.2) is 48.7 Å². The van der Waals surface area contributed by atoms with Crippen LogP contribution >= 0.6 is 11.3 Å². The number of aromatic nitrogens is 1. The monoisotopic (exact) mass is 381 g/mol. The fraction of sp³-hybridized carbons (Fsp3) is 0.333. The Bertz CT molecular complexity index is 926. The molecule has 1 aromatic carbocycles. The van der Waals surface area contributed by atoms with Gasteiger partial charge in [0, 0.05) is 36.4 Å². The topological polar surface area (TPSA) is 65.5 Å². The molecule has 1 saturated heterocycles. The number of hydrogen-bond acceptors (Lipinski definition) is 5. The van der Waals surface area contributed by atoms with Crippen molar-refractivity contribution in [2.24, 2.45) is 0 Å². The molecule has 4 rings (SSSR count). The number of nitrogens with one attached hydrogen (secondary N) is 1. The van der Waals surface area contributed by atoms with Gasteiger partial charge >= 0.3 is 0 Å². The number of carbonyl (C=O) groups is 1. The number of aliphatic hydroxyl groups is 1. The highest BCUT2D eigenvalue weighted by atomic mass is 32.1. The Morgan fingerprint density at radius 3 is 2.93 bits per heavy atom. The van der Waals surface area contributed by atoms with Crippen molar-refractivity contribution < 1.29 is 9.90 Å². The molecule has 5 nitrogen and oxygen atoms in total. The van der Waals surface area contributed by atoms with E-state index >= 15 is 0 Å². The lowest BCUT2D eigenvalue weighted by atomic mass is 9.95. The lowest BCUT2D eigenvalue weighted by molar-refractivity contribution is 0.0947. The minimum absolute atomic E-state index is 0.0484. The lowest BCUT2D eigenvalue weighted by Crippen LogP contribution is -2.27. The van der Waals surface area contributed by atoms with Gasteiger partial charge < -0.3 is 10.4 Å². The first kappa shape index (κ1) is 18.1. The average Bonchev–Trinajstić information content (AvgIpc) is 3.31. The van der Waals surface area contributed by atoms with Crippen molar-refractivity contribution in [2.75, 3.05) is 26.2 Å². The maximum absolute atomic E-state index is 12.7. The quantitative estimate of drug-likeness (QED) is 0.689. The second-order valence-corrected chi connectivity index (χ2v) is 7.91. The second kappa shape index (κ2) is 8.17. The first-order valence-corrected chi connectivity index (χ1v) is 10.1. The third-order valence-corrected chi connectivity index (χ3v) is 6.22. The third kappa shape index (κ3) is 3.88. The Morgan fingerprint density at radius 2 is 2.11 bits per heavy atom. The van der Waals surface area contributed by atoms with Gasteiger partial charge in [-0.15, -0.1) is 11.3 Å². The number of aliphatic hydroxyl groups excluding tert-OH is 1. The van der Waals surface area contributed by atoms with Gasteiger partial charge in [0.2, 0.25) is 0 Å². The smallest absolute Gasteiger partial charge is 0.261 e. The summed E-state index contributed by atoms with van der Waals surface area (Å²) < 4.78 is 1.14. The van der Waals surface area contributed by atoms with E-state index < -0.39 is 0 Å². The van der Waals surface area contributed by atoms with Gasteiger partial charge in [-0.1, -0.05) is 24.3 Å². The van der Waals surface area contributed by atoms with Crippen molar-refractivity contribution in [3.8, 4) is 0 Å². The zero-order chi connectivity index (χ0) is 18.6. The molecule has 1 unspecified atom stereocenters. The van der Waals surface area contributed by atoms with Crippen molar-refractivity contribution in [1.82, 2.24) is 15.2 Å². The Morgan fingerprint density at radius 1 is 1.26 bits per heavy atom. The van der Waals surface area contributed by atoms with Crippen molar-refractivity contribution in [3.05, 3.63) is 64.8 Å². The van der Waals surface area contributed by atoms with Crippen LogP contribution in [0.4, 0.5) is 0 Å². The molecular formula is C21H23N3O2S. The molecule has 3 aromatic rings. The van der Waals surface area contributed by atoms with Gasteiger partial charge in [0.25, 0.3) is 5.91 Å². The Labute approximate surface area is 162 Å². The fourth-order valence-electron chi connectivity index (χ4n) is 3.82. The number of nitrogens with zero attached hydrogens (tertiary/aromatic N) is 2. The minimum atomic E-state index is -0.0802. The van der Waals surface area contributed by atoms with Gasteiger partial charge in [0.1, 0.15) is 0 Å². The summed E-state index contributed by atoms with van der Waals surface area (Å²) in [5, 5.41) is 13.0. The van der Waals surface area contributed by atoms with Crippen LogP contribution in [-0.2, 0) is 6.54 Å². The molecule has 27 heavy (non-hydrogen) atoms. The molecule has 1 atom stereocenters. The summed E-state index contributed by atoms with van der Waals surface area (Å²) in [5.74, 6) is 0.253. The summed E-state index contributed by atoms with van der Waals surface area (Å²) >= 11 is 1.55. The molecule has 0 bridgehead atoms. The van der Waals surface area contributed by atoms with Crippen LogP contribution in [0, 0.1) is 0 Å². The summed E-state index contributed by atoms with van der Waals surface area (Å²) in [6.07, 6.45) is 2.87. The summed E-state index contributed by atoms with van der Waals surface area (Å²) in [5.41, 5.74) is 2.24. The lowest BCUT2D eigenvalue weighted by Gasteiger charge is -2.16. The summed E-state index contributed by atoms with van der Waals surface area (Å²) in [6.45, 7) is 3.00. The number of benzene rings is 1. The minimum Gasteiger partial charge on any atom is -0.395 e. The molecule has 2 aromatic heterocycles. The Hall–Kier alpha value is -2.28. The number of hydrogen-bond donors (Lipinski definition) is 2. The Kier molecular flexibility index (Phi) is 5.48. The van der Waals surface area contributed by atoms with Crippen molar-refractivity contribution >= 4 is 27.3 Å². The van der Waals surface area contributed by atoms with E-state index in [1.165, 1.54) is 5.39 Å². The van der Waals surface area contributed by atoms with Crippen LogP contribution in [-0.4, -0.2) is 47.1 Å². The van der Waals surface area contributed by atoms with Gasteiger partial charge in [-0.2, -0.15) is 0 Å². The first-order valence-electron chi connectivity index (χ1n) is 9.29. The normalized spacial score (nSPS) is 17.4. The maximum atomic E-state index is 12.7. The molecule has 1 aliphatic heterocycles. The SMILES string of the molecule is O=C(NCCO)c1sc2ccccc2c1C1CCN(Cc2ccccn2)C1. The number of amides is 1. The number of carbonyl (C=O) groups excluding carboxylic acids is 1. The Balaban J connectivity index is 1.60. The van der Waals surface area contributed by atoms with Crippen LogP contribution in [0.25, 0.3) is 10.1 Å². The number of rotatable bonds is 6. The number of pyridine rings is 1. The third-order valence-electron chi connectivity index (χ3n) is 5.03. The molecule has 0 spiro atoms. The van der Waals surface area contributed by atoms with Crippen molar-refractivity contribution in [2.45, 2.75) is 18.9 Å². The first-order chi connectivity index (χ1) is 13.3. The second-order valence-electron chi connectivity index (χ2n) is 6.86. The molecule has 6 heteroatoms. The van der Waals surface area contributed by atoms with Crippen LogP contribution in [0.3, 0.4) is 0 Å². The predicted octanol–water partition coefficient (Wildman–Crippen LogP) is 3.01. The molecule has 1 amide bonds. The van der Waals surface area contributed by atoms with Gasteiger partial charge in [0.05, 0.1) is 17.2 Å². The highest BCUT2D eigenvalue weighted by molar-refractivity contribution is 7.21.